The smallest absolute Gasteiger partial charge is 0.329 e. The molecule has 4 fully saturated rings. The molecule has 75 heavy (non-hydrogen) atoms. The number of hydrogen-bond acceptors (Lipinski definition) is 9. The number of ketones is 1. The van der Waals surface area contributed by atoms with E-state index in [1.54, 1.807) is 4.90 Å². The van der Waals surface area contributed by atoms with E-state index < -0.39 is 29.9 Å². The number of hydrogen-bond donors (Lipinski definition) is 1. The first kappa shape index (κ1) is 54.1. The number of benzene rings is 6. The Morgan fingerprint density at radius 3 is 1.44 bits per heavy atom. The highest BCUT2D eigenvalue weighted by Crippen LogP contribution is 2.35. The molecule has 4 heterocycles. The summed E-state index contributed by atoms with van der Waals surface area (Å²) < 4.78 is 9.98. The average Bonchev–Trinajstić information content (AvgIpc) is 4.10. The van der Waals surface area contributed by atoms with Gasteiger partial charge >= 0.3 is 11.9 Å². The molecule has 390 valence electrons. The summed E-state index contributed by atoms with van der Waals surface area (Å²) in [7, 11) is 2.68. The number of nitrogens with one attached hydrogen (secondary N) is 1. The molecule has 1 N–H and O–H groups in total. The molecule has 5 atom stereocenters. The highest BCUT2D eigenvalue weighted by atomic mass is 16.5. The molecule has 6 aromatic carbocycles. The number of carbonyl (C=O) groups is 5. The van der Waals surface area contributed by atoms with Crippen LogP contribution in [0.1, 0.15) is 96.6 Å². The second-order valence-electron chi connectivity index (χ2n) is 20.1. The van der Waals surface area contributed by atoms with Crippen molar-refractivity contribution >= 4 is 29.5 Å². The molecule has 2 amide bonds. The standard InChI is InChI=1S/C32H36N2O3.C20H19NO4.C12H17N/c1-37-32(36)29-22-28(33-20-12-11-19-27(33)21-24-13-5-2-6-14-24)23-34(29)31(35)30(25-15-7-3-8-16-25)26-17-9-4-10-18-26;1-25-20(24)17-12-16(22)13-21(17)19(23)18(14-8-4-2-5-9-14)15-10-6-3-7-11-15;1-2-6-11(7-3-1)10-12-8-4-5-9-13-12/h2-10,13-18,27-30H,11-12,19-23H2,1H3;2-11,17-18H,12-13H2,1H3;1-3,6-7,12-13H,4-5,8-10H2/t27?,28-,29-;17-;/m00./s1. The minimum absolute atomic E-state index is 0.00864. The molecule has 4 aliphatic rings. The molecule has 0 spiro atoms. The summed E-state index contributed by atoms with van der Waals surface area (Å²) in [5.41, 5.74) is 6.31. The van der Waals surface area contributed by atoms with E-state index in [1.165, 1.54) is 68.9 Å². The van der Waals surface area contributed by atoms with Crippen molar-refractivity contribution in [2.45, 2.75) is 106 Å². The Balaban J connectivity index is 0.000000168. The van der Waals surface area contributed by atoms with Crippen molar-refractivity contribution in [2.75, 3.05) is 40.4 Å². The number of carbonyl (C=O) groups excluding carboxylic acids is 5. The summed E-state index contributed by atoms with van der Waals surface area (Å²) >= 11 is 0. The van der Waals surface area contributed by atoms with Gasteiger partial charge in [-0.3, -0.25) is 19.3 Å². The van der Waals surface area contributed by atoms with Gasteiger partial charge in [-0.2, -0.15) is 0 Å². The quantitative estimate of drug-likeness (QED) is 0.113. The number of Topliss-reactive ketones (excluding diaryl/α,β-unsaturated/α-hetero) is 1. The number of rotatable bonds is 13. The van der Waals surface area contributed by atoms with Crippen LogP contribution >= 0.6 is 0 Å². The second kappa shape index (κ2) is 27.4. The van der Waals surface area contributed by atoms with Crippen LogP contribution in [0, 0.1) is 0 Å². The van der Waals surface area contributed by atoms with E-state index in [0.29, 0.717) is 19.0 Å². The number of piperidine rings is 2. The third-order valence-electron chi connectivity index (χ3n) is 15.2. The van der Waals surface area contributed by atoms with E-state index in [9.17, 15) is 24.0 Å². The molecule has 0 radical (unpaired) electrons. The molecule has 4 aliphatic heterocycles. The molecule has 0 aromatic heterocycles. The SMILES string of the molecule is COC(=O)[C@@H]1CC(=O)CN1C(=O)C(c1ccccc1)c1ccccc1.COC(=O)[C@@H]1C[C@H](N2CCCCC2Cc2ccccc2)CN1C(=O)C(c1ccccc1)c1ccccc1.c1ccc(CC2CCCCN2)cc1. The normalized spacial score (nSPS) is 20.6. The van der Waals surface area contributed by atoms with Crippen LogP contribution in [-0.2, 0) is 46.3 Å². The van der Waals surface area contributed by atoms with Crippen molar-refractivity contribution in [1.82, 2.24) is 20.0 Å². The summed E-state index contributed by atoms with van der Waals surface area (Å²) in [5.74, 6) is -2.35. The van der Waals surface area contributed by atoms with Crippen LogP contribution in [-0.4, -0.2) is 115 Å². The summed E-state index contributed by atoms with van der Waals surface area (Å²) in [6.07, 6.45) is 10.4. The molecule has 0 saturated carbocycles. The van der Waals surface area contributed by atoms with Crippen LogP contribution in [0.2, 0.25) is 0 Å². The van der Waals surface area contributed by atoms with Crippen molar-refractivity contribution in [1.29, 1.82) is 0 Å². The minimum atomic E-state index is -0.847. The second-order valence-corrected chi connectivity index (χ2v) is 20.1. The lowest BCUT2D eigenvalue weighted by molar-refractivity contribution is -0.151. The number of likely N-dealkylation sites (tertiary alicyclic amines) is 3. The Morgan fingerprint density at radius 1 is 0.533 bits per heavy atom. The minimum Gasteiger partial charge on any atom is -0.467 e. The molecule has 0 aliphatic carbocycles. The maximum atomic E-state index is 14.3. The van der Waals surface area contributed by atoms with Crippen LogP contribution < -0.4 is 5.32 Å². The fourth-order valence-corrected chi connectivity index (χ4v) is 11.4. The van der Waals surface area contributed by atoms with Crippen molar-refractivity contribution in [3.63, 3.8) is 0 Å². The predicted molar refractivity (Wildman–Crippen MR) is 293 cm³/mol. The number of ether oxygens (including phenoxy) is 2. The number of esters is 2. The lowest BCUT2D eigenvalue weighted by atomic mass is 9.90. The fourth-order valence-electron chi connectivity index (χ4n) is 11.4. The van der Waals surface area contributed by atoms with Gasteiger partial charge in [0.2, 0.25) is 11.8 Å². The largest absolute Gasteiger partial charge is 0.467 e. The molecular weight excluding hydrogens is 937 g/mol. The third kappa shape index (κ3) is 14.3. The molecule has 11 nitrogen and oxygen atoms in total. The Bertz CT molecular complexity index is 2650. The molecule has 0 bridgehead atoms. The van der Waals surface area contributed by atoms with Gasteiger partial charge < -0.3 is 24.6 Å². The summed E-state index contributed by atoms with van der Waals surface area (Å²) in [4.78, 5) is 70.2. The van der Waals surface area contributed by atoms with Gasteiger partial charge in [-0.05, 0) is 91.4 Å². The van der Waals surface area contributed by atoms with Gasteiger partial charge in [0.1, 0.15) is 12.1 Å². The Morgan fingerprint density at radius 2 is 0.973 bits per heavy atom. The monoisotopic (exact) mass is 1010 g/mol. The summed E-state index contributed by atoms with van der Waals surface area (Å²) in [5, 5.41) is 3.57. The van der Waals surface area contributed by atoms with Gasteiger partial charge in [0.15, 0.2) is 5.78 Å². The van der Waals surface area contributed by atoms with E-state index >= 15 is 0 Å². The molecule has 11 heteroatoms. The Hall–Kier alpha value is -7.21. The Kier molecular flexibility index (Phi) is 19.7. The molecule has 4 saturated heterocycles. The zero-order valence-electron chi connectivity index (χ0n) is 43.5. The van der Waals surface area contributed by atoms with Crippen LogP contribution in [0.4, 0.5) is 0 Å². The average molecular weight is 1010 g/mol. The zero-order valence-corrected chi connectivity index (χ0v) is 43.5. The van der Waals surface area contributed by atoms with Crippen LogP contribution in [0.15, 0.2) is 182 Å². The number of methoxy groups -OCH3 is 2. The number of amides is 2. The molecule has 6 aromatic rings. The van der Waals surface area contributed by atoms with Crippen molar-refractivity contribution in [2.24, 2.45) is 0 Å². The lowest BCUT2D eigenvalue weighted by Crippen LogP contribution is -2.49. The van der Waals surface area contributed by atoms with E-state index in [1.807, 2.05) is 121 Å². The van der Waals surface area contributed by atoms with Crippen molar-refractivity contribution in [3.05, 3.63) is 215 Å². The zero-order chi connectivity index (χ0) is 52.4. The summed E-state index contributed by atoms with van der Waals surface area (Å²) in [6.45, 7) is 2.69. The predicted octanol–water partition coefficient (Wildman–Crippen LogP) is 9.59. The third-order valence-corrected chi connectivity index (χ3v) is 15.2. The van der Waals surface area contributed by atoms with E-state index in [2.05, 4.69) is 70.9 Å². The first-order valence-electron chi connectivity index (χ1n) is 26.8. The van der Waals surface area contributed by atoms with E-state index in [-0.39, 0.29) is 42.6 Å². The van der Waals surface area contributed by atoms with Crippen molar-refractivity contribution in [3.8, 4) is 0 Å². The van der Waals surface area contributed by atoms with Gasteiger partial charge in [-0.1, -0.05) is 195 Å². The van der Waals surface area contributed by atoms with Crippen LogP contribution in [0.5, 0.6) is 0 Å². The molecular formula is C64H72N4O7. The highest BCUT2D eigenvalue weighted by molar-refractivity contribution is 6.00. The van der Waals surface area contributed by atoms with Crippen molar-refractivity contribution < 1.29 is 33.4 Å². The van der Waals surface area contributed by atoms with Crippen LogP contribution in [0.25, 0.3) is 0 Å². The van der Waals surface area contributed by atoms with Gasteiger partial charge in [0, 0.05) is 31.1 Å². The fraction of sp³-hybridized carbons (Fsp3) is 0.359. The van der Waals surface area contributed by atoms with E-state index in [4.69, 9.17) is 9.47 Å². The maximum absolute atomic E-state index is 14.3. The molecule has 2 unspecified atom stereocenters. The first-order valence-corrected chi connectivity index (χ1v) is 26.8. The summed E-state index contributed by atoms with van der Waals surface area (Å²) in [6, 6.07) is 59.7. The topological polar surface area (TPSA) is 126 Å². The first-order chi connectivity index (χ1) is 36.7. The Labute approximate surface area is 443 Å². The lowest BCUT2D eigenvalue weighted by Gasteiger charge is -2.40. The number of nitrogens with zero attached hydrogens (tertiary/aromatic N) is 3. The van der Waals surface area contributed by atoms with Gasteiger partial charge in [-0.15, -0.1) is 0 Å². The maximum Gasteiger partial charge on any atom is 0.329 e. The van der Waals surface area contributed by atoms with Crippen LogP contribution in [0.3, 0.4) is 0 Å². The van der Waals surface area contributed by atoms with Gasteiger partial charge in [0.05, 0.1) is 32.6 Å². The molecule has 10 rings (SSSR count). The van der Waals surface area contributed by atoms with Gasteiger partial charge in [0.25, 0.3) is 0 Å². The van der Waals surface area contributed by atoms with E-state index in [0.717, 1.165) is 54.1 Å². The highest BCUT2D eigenvalue weighted by Gasteiger charge is 2.46. The van der Waals surface area contributed by atoms with Gasteiger partial charge in [-0.25, -0.2) is 9.59 Å².